The molecule has 1 aromatic rings. The first-order valence-electron chi connectivity index (χ1n) is 5.84. The van der Waals surface area contributed by atoms with E-state index in [1.54, 1.807) is 0 Å². The van der Waals surface area contributed by atoms with E-state index in [1.807, 2.05) is 0 Å². The number of carbonyl (C=O) groups excluding carboxylic acids is 2. The van der Waals surface area contributed by atoms with Gasteiger partial charge in [-0.1, -0.05) is 0 Å². The van der Waals surface area contributed by atoms with Crippen LogP contribution < -0.4 is 4.90 Å². The molecule has 106 valence electrons. The lowest BCUT2D eigenvalue weighted by Crippen LogP contribution is -2.26. The largest absolute Gasteiger partial charge is 0.478 e. The predicted molar refractivity (Wildman–Crippen MR) is 65.8 cm³/mol. The maximum atomic E-state index is 13.4. The lowest BCUT2D eigenvalue weighted by Gasteiger charge is -2.17. The first-order chi connectivity index (χ1) is 9.42. The van der Waals surface area contributed by atoms with E-state index in [0.29, 0.717) is 0 Å². The number of anilines is 1. The second kappa shape index (κ2) is 5.28. The molecule has 1 saturated heterocycles. The number of benzene rings is 1. The first kappa shape index (κ1) is 14.0. The van der Waals surface area contributed by atoms with Gasteiger partial charge in [0.25, 0.3) is 0 Å². The number of esters is 1. The number of amides is 1. The van der Waals surface area contributed by atoms with Gasteiger partial charge in [-0.15, -0.1) is 0 Å². The zero-order valence-electron chi connectivity index (χ0n) is 10.6. The van der Waals surface area contributed by atoms with E-state index >= 15 is 0 Å². The van der Waals surface area contributed by atoms with Crippen LogP contribution in [0.1, 0.15) is 16.8 Å². The number of halogens is 1. The van der Waals surface area contributed by atoms with Crippen molar-refractivity contribution < 1.29 is 28.6 Å². The second-order valence-electron chi connectivity index (χ2n) is 4.43. The van der Waals surface area contributed by atoms with Crippen LogP contribution in [-0.2, 0) is 14.3 Å². The van der Waals surface area contributed by atoms with Gasteiger partial charge in [-0.3, -0.25) is 9.59 Å². The zero-order valence-corrected chi connectivity index (χ0v) is 10.6. The second-order valence-corrected chi connectivity index (χ2v) is 4.43. The van der Waals surface area contributed by atoms with Crippen LogP contribution in [0.3, 0.4) is 0 Å². The summed E-state index contributed by atoms with van der Waals surface area (Å²) in [6.07, 6.45) is -0.0361. The molecular formula is C13H12FNO5. The maximum absolute atomic E-state index is 13.4. The highest BCUT2D eigenvalue weighted by atomic mass is 19.1. The van der Waals surface area contributed by atoms with Gasteiger partial charge < -0.3 is 14.7 Å². The molecule has 1 N–H and O–H groups in total. The van der Waals surface area contributed by atoms with E-state index in [-0.39, 0.29) is 30.1 Å². The van der Waals surface area contributed by atoms with Crippen molar-refractivity contribution in [1.82, 2.24) is 0 Å². The molecule has 0 spiro atoms. The first-order valence-corrected chi connectivity index (χ1v) is 5.84. The Bertz CT molecular complexity index is 586. The minimum Gasteiger partial charge on any atom is -0.478 e. The summed E-state index contributed by atoms with van der Waals surface area (Å²) < 4.78 is 18.0. The Morgan fingerprint density at radius 2 is 2.10 bits per heavy atom. The fourth-order valence-electron chi connectivity index (χ4n) is 2.14. The summed E-state index contributed by atoms with van der Waals surface area (Å²) in [6, 6.07) is 3.12. The Labute approximate surface area is 113 Å². The molecule has 1 unspecified atom stereocenters. The highest BCUT2D eigenvalue weighted by molar-refractivity contribution is 6.00. The number of carboxylic acids is 1. The zero-order chi connectivity index (χ0) is 14.9. The fourth-order valence-corrected chi connectivity index (χ4v) is 2.14. The third kappa shape index (κ3) is 2.61. The summed E-state index contributed by atoms with van der Waals surface area (Å²) in [7, 11) is 1.22. The van der Waals surface area contributed by atoms with Crippen LogP contribution in [0.4, 0.5) is 10.1 Å². The molecule has 0 aromatic heterocycles. The number of aromatic carboxylic acids is 1. The minimum atomic E-state index is -1.29. The Morgan fingerprint density at radius 1 is 1.40 bits per heavy atom. The summed E-state index contributed by atoms with van der Waals surface area (Å²) in [6.45, 7) is 0.0496. The standard InChI is InChI=1S/C13H12FNO5/c1-20-13(19)8-4-11(16)15(6-8)10-3-7(12(17)18)2-9(14)5-10/h2-3,5,8H,4,6H2,1H3,(H,17,18). The number of carboxylic acid groups (broad SMARTS) is 1. The van der Waals surface area contributed by atoms with E-state index in [9.17, 15) is 18.8 Å². The normalized spacial score (nSPS) is 18.2. The number of nitrogens with zero attached hydrogens (tertiary/aromatic N) is 1. The summed E-state index contributed by atoms with van der Waals surface area (Å²) >= 11 is 0. The molecule has 0 radical (unpaired) electrons. The molecule has 1 amide bonds. The molecule has 7 heteroatoms. The summed E-state index contributed by atoms with van der Waals surface area (Å²) in [5.74, 6) is -3.56. The SMILES string of the molecule is COC(=O)C1CC(=O)N(c2cc(F)cc(C(=O)O)c2)C1. The van der Waals surface area contributed by atoms with Crippen molar-refractivity contribution in [2.24, 2.45) is 5.92 Å². The highest BCUT2D eigenvalue weighted by Crippen LogP contribution is 2.27. The van der Waals surface area contributed by atoms with Crippen LogP contribution >= 0.6 is 0 Å². The predicted octanol–water partition coefficient (Wildman–Crippen LogP) is 1.05. The van der Waals surface area contributed by atoms with E-state index < -0.39 is 23.7 Å². The summed E-state index contributed by atoms with van der Waals surface area (Å²) in [4.78, 5) is 35.3. The van der Waals surface area contributed by atoms with Crippen molar-refractivity contribution in [2.45, 2.75) is 6.42 Å². The topological polar surface area (TPSA) is 83.9 Å². The molecule has 0 saturated carbocycles. The van der Waals surface area contributed by atoms with Crippen molar-refractivity contribution in [1.29, 1.82) is 0 Å². The molecule has 0 aliphatic carbocycles. The van der Waals surface area contributed by atoms with Gasteiger partial charge in [-0.25, -0.2) is 9.18 Å². The van der Waals surface area contributed by atoms with Gasteiger partial charge >= 0.3 is 11.9 Å². The lowest BCUT2D eigenvalue weighted by molar-refractivity contribution is -0.145. The smallest absolute Gasteiger partial charge is 0.335 e. The summed E-state index contributed by atoms with van der Waals surface area (Å²) in [5, 5.41) is 8.88. The van der Waals surface area contributed by atoms with Crippen LogP contribution in [0.5, 0.6) is 0 Å². The van der Waals surface area contributed by atoms with Crippen LogP contribution in [0.25, 0.3) is 0 Å². The average molecular weight is 281 g/mol. The van der Waals surface area contributed by atoms with Crippen molar-refractivity contribution in [3.05, 3.63) is 29.6 Å². The van der Waals surface area contributed by atoms with Gasteiger partial charge in [0.15, 0.2) is 0 Å². The number of methoxy groups -OCH3 is 1. The van der Waals surface area contributed by atoms with Crippen molar-refractivity contribution >= 4 is 23.5 Å². The van der Waals surface area contributed by atoms with E-state index in [2.05, 4.69) is 4.74 Å². The number of rotatable bonds is 3. The fraction of sp³-hybridized carbons (Fsp3) is 0.308. The molecule has 2 rings (SSSR count). The highest BCUT2D eigenvalue weighted by Gasteiger charge is 2.36. The average Bonchev–Trinajstić information content (AvgIpc) is 2.79. The molecule has 1 aromatic carbocycles. The lowest BCUT2D eigenvalue weighted by atomic mass is 10.1. The number of carbonyl (C=O) groups is 3. The van der Waals surface area contributed by atoms with Crippen LogP contribution in [-0.4, -0.2) is 36.6 Å². The monoisotopic (exact) mass is 281 g/mol. The molecule has 1 aliphatic heterocycles. The van der Waals surface area contributed by atoms with Crippen molar-refractivity contribution in [3.8, 4) is 0 Å². The number of hydrogen-bond acceptors (Lipinski definition) is 4. The van der Waals surface area contributed by atoms with Crippen LogP contribution in [0.15, 0.2) is 18.2 Å². The molecule has 20 heavy (non-hydrogen) atoms. The van der Waals surface area contributed by atoms with E-state index in [0.717, 1.165) is 12.1 Å². The third-order valence-electron chi connectivity index (χ3n) is 3.10. The van der Waals surface area contributed by atoms with Crippen LogP contribution in [0, 0.1) is 11.7 Å². The molecular weight excluding hydrogens is 269 g/mol. The summed E-state index contributed by atoms with van der Waals surface area (Å²) in [5.41, 5.74) is -0.131. The molecule has 1 fully saturated rings. The van der Waals surface area contributed by atoms with Crippen LogP contribution in [0.2, 0.25) is 0 Å². The van der Waals surface area contributed by atoms with Gasteiger partial charge in [-0.05, 0) is 18.2 Å². The third-order valence-corrected chi connectivity index (χ3v) is 3.10. The van der Waals surface area contributed by atoms with E-state index in [4.69, 9.17) is 5.11 Å². The Balaban J connectivity index is 2.30. The van der Waals surface area contributed by atoms with Gasteiger partial charge in [0, 0.05) is 18.7 Å². The van der Waals surface area contributed by atoms with Gasteiger partial charge in [0.05, 0.1) is 18.6 Å². The molecule has 0 bridgehead atoms. The molecule has 1 aliphatic rings. The number of hydrogen-bond donors (Lipinski definition) is 1. The molecule has 6 nitrogen and oxygen atoms in total. The quantitative estimate of drug-likeness (QED) is 0.837. The maximum Gasteiger partial charge on any atom is 0.335 e. The van der Waals surface area contributed by atoms with Crippen molar-refractivity contribution in [2.75, 3.05) is 18.6 Å². The van der Waals surface area contributed by atoms with Gasteiger partial charge in [0.2, 0.25) is 5.91 Å². The minimum absolute atomic E-state index is 0.0361. The Hall–Kier alpha value is -2.44. The molecule has 1 atom stereocenters. The van der Waals surface area contributed by atoms with Crippen molar-refractivity contribution in [3.63, 3.8) is 0 Å². The Kier molecular flexibility index (Phi) is 3.69. The van der Waals surface area contributed by atoms with E-state index in [1.165, 1.54) is 18.1 Å². The van der Waals surface area contributed by atoms with Gasteiger partial charge in [-0.2, -0.15) is 0 Å². The van der Waals surface area contributed by atoms with Gasteiger partial charge in [0.1, 0.15) is 5.82 Å². The Morgan fingerprint density at radius 3 is 2.70 bits per heavy atom. The molecule has 1 heterocycles. The number of ether oxygens (including phenoxy) is 1.